The van der Waals surface area contributed by atoms with Crippen LogP contribution in [0.25, 0.3) is 0 Å². The van der Waals surface area contributed by atoms with Crippen molar-refractivity contribution >= 4 is 0 Å². The first kappa shape index (κ1) is 14.6. The van der Waals surface area contributed by atoms with E-state index in [-0.39, 0.29) is 24.7 Å². The van der Waals surface area contributed by atoms with Gasteiger partial charge in [0, 0.05) is 5.92 Å². The Labute approximate surface area is 122 Å². The lowest BCUT2D eigenvalue weighted by Crippen LogP contribution is -2.48. The molecule has 3 rings (SSSR count). The fraction of sp³-hybridized carbons (Fsp3) is 0.600. The number of benzene rings is 1. The van der Waals surface area contributed by atoms with Gasteiger partial charge in [0.1, 0.15) is 11.5 Å². The molecule has 6 heteroatoms. The van der Waals surface area contributed by atoms with Gasteiger partial charge in [-0.15, -0.1) is 0 Å². The molecule has 2 aliphatic heterocycles. The SMILES string of the molecule is Cc1c([C@H](C)[C@@H](C)O)cc(O)c2c1O[C@@]1(O)CCO[C@@H]2O1. The third-order valence-corrected chi connectivity index (χ3v) is 4.28. The first-order valence-electron chi connectivity index (χ1n) is 7.07. The molecule has 4 atom stereocenters. The van der Waals surface area contributed by atoms with Gasteiger partial charge in [-0.2, -0.15) is 0 Å². The van der Waals surface area contributed by atoms with Crippen molar-refractivity contribution in [3.05, 3.63) is 22.8 Å². The van der Waals surface area contributed by atoms with Crippen molar-refractivity contribution in [1.82, 2.24) is 0 Å². The van der Waals surface area contributed by atoms with Crippen molar-refractivity contribution in [3.8, 4) is 11.5 Å². The van der Waals surface area contributed by atoms with E-state index in [4.69, 9.17) is 14.2 Å². The van der Waals surface area contributed by atoms with Gasteiger partial charge in [0.25, 0.3) is 0 Å². The molecule has 0 aliphatic carbocycles. The second-order valence-electron chi connectivity index (χ2n) is 5.77. The molecule has 1 aromatic carbocycles. The maximum absolute atomic E-state index is 10.3. The summed E-state index contributed by atoms with van der Waals surface area (Å²) < 4.78 is 16.4. The summed E-state index contributed by atoms with van der Waals surface area (Å²) in [5, 5.41) is 30.3. The maximum Gasteiger partial charge on any atom is 0.329 e. The lowest BCUT2D eigenvalue weighted by Gasteiger charge is -2.42. The fourth-order valence-corrected chi connectivity index (χ4v) is 2.81. The van der Waals surface area contributed by atoms with Gasteiger partial charge in [-0.25, -0.2) is 0 Å². The van der Waals surface area contributed by atoms with Gasteiger partial charge in [0.15, 0.2) is 6.29 Å². The highest BCUT2D eigenvalue weighted by Gasteiger charge is 2.47. The second kappa shape index (κ2) is 4.84. The van der Waals surface area contributed by atoms with Crippen molar-refractivity contribution in [2.45, 2.75) is 51.5 Å². The summed E-state index contributed by atoms with van der Waals surface area (Å²) in [5.41, 5.74) is 1.91. The molecule has 1 aromatic rings. The summed E-state index contributed by atoms with van der Waals surface area (Å²) in [6, 6.07) is 1.60. The van der Waals surface area contributed by atoms with Crippen molar-refractivity contribution < 1.29 is 29.5 Å². The smallest absolute Gasteiger partial charge is 0.329 e. The van der Waals surface area contributed by atoms with Crippen molar-refractivity contribution in [3.63, 3.8) is 0 Å². The zero-order valence-electron chi connectivity index (χ0n) is 12.3. The van der Waals surface area contributed by atoms with E-state index in [0.717, 1.165) is 11.1 Å². The number of fused-ring (bicyclic) bond motifs is 4. The summed E-state index contributed by atoms with van der Waals surface area (Å²) in [6.45, 7) is 5.67. The van der Waals surface area contributed by atoms with E-state index in [1.807, 2.05) is 13.8 Å². The normalized spacial score (nSPS) is 30.2. The van der Waals surface area contributed by atoms with Crippen LogP contribution in [0.4, 0.5) is 0 Å². The van der Waals surface area contributed by atoms with Crippen LogP contribution >= 0.6 is 0 Å². The third kappa shape index (κ3) is 2.28. The molecule has 2 heterocycles. The minimum Gasteiger partial charge on any atom is -0.507 e. The van der Waals surface area contributed by atoms with Crippen LogP contribution in [0.2, 0.25) is 0 Å². The van der Waals surface area contributed by atoms with E-state index in [2.05, 4.69) is 0 Å². The highest BCUT2D eigenvalue weighted by atomic mass is 16.9. The summed E-state index contributed by atoms with van der Waals surface area (Å²) in [4.78, 5) is 0. The van der Waals surface area contributed by atoms with Gasteiger partial charge in [0.2, 0.25) is 0 Å². The number of aromatic hydroxyl groups is 1. The van der Waals surface area contributed by atoms with Crippen molar-refractivity contribution in [2.24, 2.45) is 0 Å². The van der Waals surface area contributed by atoms with Crippen molar-refractivity contribution in [2.75, 3.05) is 6.61 Å². The van der Waals surface area contributed by atoms with Gasteiger partial charge in [-0.3, -0.25) is 4.74 Å². The number of hydrogen-bond donors (Lipinski definition) is 3. The number of phenolic OH excluding ortho intramolecular Hbond substituents is 1. The Hall–Kier alpha value is -1.34. The molecule has 3 N–H and O–H groups in total. The highest BCUT2D eigenvalue weighted by Crippen LogP contribution is 2.50. The molecule has 2 bridgehead atoms. The molecule has 6 nitrogen and oxygen atoms in total. The zero-order chi connectivity index (χ0) is 15.4. The average molecular weight is 296 g/mol. The van der Waals surface area contributed by atoms with Crippen LogP contribution in [0.3, 0.4) is 0 Å². The van der Waals surface area contributed by atoms with Crippen LogP contribution in [0, 0.1) is 6.92 Å². The van der Waals surface area contributed by atoms with Crippen LogP contribution in [-0.4, -0.2) is 34.0 Å². The zero-order valence-corrected chi connectivity index (χ0v) is 12.3. The lowest BCUT2D eigenvalue weighted by atomic mass is 9.89. The van der Waals surface area contributed by atoms with Crippen LogP contribution < -0.4 is 4.74 Å². The number of aliphatic hydroxyl groups excluding tert-OH is 1. The number of ether oxygens (including phenoxy) is 3. The summed E-state index contributed by atoms with van der Waals surface area (Å²) in [5.74, 6) is -1.55. The number of hydrogen-bond acceptors (Lipinski definition) is 6. The Kier molecular flexibility index (Phi) is 3.37. The first-order chi connectivity index (χ1) is 9.82. The maximum atomic E-state index is 10.3. The Morgan fingerprint density at radius 3 is 2.76 bits per heavy atom. The minimum atomic E-state index is -1.72. The minimum absolute atomic E-state index is 0.0212. The molecule has 0 saturated carbocycles. The molecule has 0 unspecified atom stereocenters. The highest BCUT2D eigenvalue weighted by molar-refractivity contribution is 5.55. The molecule has 21 heavy (non-hydrogen) atoms. The molecule has 0 aromatic heterocycles. The van der Waals surface area contributed by atoms with E-state index < -0.39 is 18.4 Å². The van der Waals surface area contributed by atoms with Crippen molar-refractivity contribution in [1.29, 1.82) is 0 Å². The average Bonchev–Trinajstić information content (AvgIpc) is 2.40. The van der Waals surface area contributed by atoms with Crippen LogP contribution in [0.5, 0.6) is 11.5 Å². The molecule has 1 saturated heterocycles. The Bertz CT molecular complexity index is 570. The van der Waals surface area contributed by atoms with Gasteiger partial charge in [-0.05, 0) is 31.0 Å². The van der Waals surface area contributed by atoms with Crippen LogP contribution in [0.1, 0.15) is 49.2 Å². The fourth-order valence-electron chi connectivity index (χ4n) is 2.81. The standard InChI is InChI=1S/C15H20O6/c1-7(9(3)16)10-6-11(17)12-13(8(10)2)20-15(18)4-5-19-14(12)21-15/h6-7,9,14,16-18H,4-5H2,1-3H3/t7-,9-,14-,15+/m1/s1. The molecule has 0 spiro atoms. The number of rotatable bonds is 2. The topological polar surface area (TPSA) is 88.4 Å². The molecule has 1 fully saturated rings. The van der Waals surface area contributed by atoms with E-state index in [0.29, 0.717) is 11.3 Å². The summed E-state index contributed by atoms with van der Waals surface area (Å²) in [7, 11) is 0. The Balaban J connectivity index is 2.14. The molecule has 2 aliphatic rings. The quantitative estimate of drug-likeness (QED) is 0.769. The molecule has 0 amide bonds. The summed E-state index contributed by atoms with van der Waals surface area (Å²) >= 11 is 0. The predicted molar refractivity (Wildman–Crippen MR) is 72.9 cm³/mol. The van der Waals surface area contributed by atoms with E-state index in [1.54, 1.807) is 13.0 Å². The van der Waals surface area contributed by atoms with Gasteiger partial charge in [-0.1, -0.05) is 6.92 Å². The van der Waals surface area contributed by atoms with Crippen LogP contribution in [0.15, 0.2) is 6.07 Å². The Morgan fingerprint density at radius 2 is 2.10 bits per heavy atom. The van der Waals surface area contributed by atoms with E-state index >= 15 is 0 Å². The van der Waals surface area contributed by atoms with Gasteiger partial charge >= 0.3 is 5.97 Å². The van der Waals surface area contributed by atoms with E-state index in [9.17, 15) is 15.3 Å². The second-order valence-corrected chi connectivity index (χ2v) is 5.77. The monoisotopic (exact) mass is 296 g/mol. The van der Waals surface area contributed by atoms with Crippen LogP contribution in [-0.2, 0) is 9.47 Å². The third-order valence-electron chi connectivity index (χ3n) is 4.28. The predicted octanol–water partition coefficient (Wildman–Crippen LogP) is 1.66. The molecule has 116 valence electrons. The largest absolute Gasteiger partial charge is 0.507 e. The summed E-state index contributed by atoms with van der Waals surface area (Å²) in [6.07, 6.45) is -1.22. The Morgan fingerprint density at radius 1 is 1.38 bits per heavy atom. The molecule has 0 radical (unpaired) electrons. The van der Waals surface area contributed by atoms with E-state index in [1.165, 1.54) is 0 Å². The molecular weight excluding hydrogens is 276 g/mol. The number of phenols is 1. The van der Waals surface area contributed by atoms with Gasteiger partial charge < -0.3 is 24.8 Å². The van der Waals surface area contributed by atoms with Gasteiger partial charge in [0.05, 0.1) is 24.7 Å². The number of aliphatic hydroxyl groups is 2. The molecular formula is C15H20O6. The lowest BCUT2D eigenvalue weighted by molar-refractivity contribution is -0.421. The first-order valence-corrected chi connectivity index (χ1v) is 7.07.